The maximum Gasteiger partial charge on any atom is 0.416 e. The van der Waals surface area contributed by atoms with Gasteiger partial charge in [-0.25, -0.2) is 0 Å². The number of halogens is 3. The van der Waals surface area contributed by atoms with Crippen LogP contribution in [0.4, 0.5) is 13.2 Å². The van der Waals surface area contributed by atoms with Crippen LogP contribution in [0.1, 0.15) is 23.6 Å². The van der Waals surface area contributed by atoms with Crippen LogP contribution in [0.2, 0.25) is 0 Å². The lowest BCUT2D eigenvalue weighted by atomic mass is 10.1. The second kappa shape index (κ2) is 7.51. The lowest BCUT2D eigenvalue weighted by molar-refractivity contribution is -0.137. The zero-order chi connectivity index (χ0) is 16.9. The van der Waals surface area contributed by atoms with Crippen molar-refractivity contribution in [2.75, 3.05) is 7.11 Å². The number of hydrogen-bond donors (Lipinski definition) is 1. The van der Waals surface area contributed by atoms with Crippen LogP contribution in [0.15, 0.2) is 48.5 Å². The first kappa shape index (κ1) is 17.3. The van der Waals surface area contributed by atoms with Crippen molar-refractivity contribution in [1.82, 2.24) is 5.32 Å². The van der Waals surface area contributed by atoms with Gasteiger partial charge < -0.3 is 10.1 Å². The van der Waals surface area contributed by atoms with Gasteiger partial charge in [0.25, 0.3) is 0 Å². The Kier molecular flexibility index (Phi) is 5.66. The van der Waals surface area contributed by atoms with E-state index < -0.39 is 11.7 Å². The summed E-state index contributed by atoms with van der Waals surface area (Å²) in [5, 5.41) is 3.26. The van der Waals surface area contributed by atoms with Crippen molar-refractivity contribution in [3.63, 3.8) is 0 Å². The van der Waals surface area contributed by atoms with E-state index in [0.29, 0.717) is 12.1 Å². The van der Waals surface area contributed by atoms with Gasteiger partial charge in [0.05, 0.1) is 12.7 Å². The molecular weight excluding hydrogens is 303 g/mol. The molecule has 0 aliphatic carbocycles. The largest absolute Gasteiger partial charge is 0.497 e. The molecular formula is C18H20F3NO. The average molecular weight is 323 g/mol. The van der Waals surface area contributed by atoms with E-state index >= 15 is 0 Å². The number of nitrogens with one attached hydrogen (secondary N) is 1. The van der Waals surface area contributed by atoms with Gasteiger partial charge in [-0.05, 0) is 42.7 Å². The fraction of sp³-hybridized carbons (Fsp3) is 0.333. The summed E-state index contributed by atoms with van der Waals surface area (Å²) < 4.78 is 43.2. The van der Waals surface area contributed by atoms with Crippen molar-refractivity contribution in [1.29, 1.82) is 0 Å². The predicted octanol–water partition coefficient (Wildman–Crippen LogP) is 4.43. The van der Waals surface area contributed by atoms with E-state index in [2.05, 4.69) is 5.32 Å². The van der Waals surface area contributed by atoms with Gasteiger partial charge in [-0.3, -0.25) is 0 Å². The molecule has 124 valence electrons. The van der Waals surface area contributed by atoms with Gasteiger partial charge in [0.1, 0.15) is 5.75 Å². The van der Waals surface area contributed by atoms with Crippen LogP contribution in [0, 0.1) is 0 Å². The van der Waals surface area contributed by atoms with E-state index in [9.17, 15) is 13.2 Å². The summed E-state index contributed by atoms with van der Waals surface area (Å²) in [7, 11) is 1.62. The van der Waals surface area contributed by atoms with Gasteiger partial charge in [-0.15, -0.1) is 0 Å². The van der Waals surface area contributed by atoms with E-state index in [1.807, 2.05) is 31.2 Å². The fourth-order valence-corrected chi connectivity index (χ4v) is 2.34. The van der Waals surface area contributed by atoms with E-state index in [-0.39, 0.29) is 6.04 Å². The van der Waals surface area contributed by atoms with Gasteiger partial charge in [-0.2, -0.15) is 13.2 Å². The molecule has 0 fully saturated rings. The van der Waals surface area contributed by atoms with E-state index in [4.69, 9.17) is 4.74 Å². The molecule has 0 radical (unpaired) electrons. The van der Waals surface area contributed by atoms with Gasteiger partial charge in [0, 0.05) is 12.6 Å². The maximum absolute atomic E-state index is 12.7. The molecule has 2 rings (SSSR count). The van der Waals surface area contributed by atoms with Gasteiger partial charge in [-0.1, -0.05) is 30.3 Å². The lowest BCUT2D eigenvalue weighted by Gasteiger charge is -2.15. The highest BCUT2D eigenvalue weighted by Gasteiger charge is 2.30. The minimum Gasteiger partial charge on any atom is -0.497 e. The molecule has 2 nitrogen and oxygen atoms in total. The van der Waals surface area contributed by atoms with Crippen LogP contribution in [0.3, 0.4) is 0 Å². The number of methoxy groups -OCH3 is 1. The number of ether oxygens (including phenoxy) is 1. The summed E-state index contributed by atoms with van der Waals surface area (Å²) >= 11 is 0. The molecule has 5 heteroatoms. The molecule has 1 atom stereocenters. The number of alkyl halides is 3. The minimum absolute atomic E-state index is 0.151. The summed E-state index contributed by atoms with van der Waals surface area (Å²) in [5.41, 5.74) is 1.16. The Labute approximate surface area is 134 Å². The highest BCUT2D eigenvalue weighted by molar-refractivity contribution is 5.28. The van der Waals surface area contributed by atoms with Crippen LogP contribution in [0.25, 0.3) is 0 Å². The number of rotatable bonds is 6. The Hall–Kier alpha value is -2.01. The lowest BCUT2D eigenvalue weighted by Crippen LogP contribution is -2.27. The molecule has 0 heterocycles. The molecule has 0 saturated carbocycles. The van der Waals surface area contributed by atoms with Crippen LogP contribution >= 0.6 is 0 Å². The van der Waals surface area contributed by atoms with Crippen molar-refractivity contribution in [3.8, 4) is 5.75 Å². The van der Waals surface area contributed by atoms with E-state index in [1.54, 1.807) is 13.2 Å². The Bertz CT molecular complexity index is 623. The molecule has 0 unspecified atom stereocenters. The third-order valence-corrected chi connectivity index (χ3v) is 3.61. The topological polar surface area (TPSA) is 21.3 Å². The number of hydrogen-bond acceptors (Lipinski definition) is 2. The standard InChI is InChI=1S/C18H20F3NO/c1-13(10-14-6-8-17(23-2)9-7-14)22-12-15-4-3-5-16(11-15)18(19,20)21/h3-9,11,13,22H,10,12H2,1-2H3/t13-/m0/s1. The van der Waals surface area contributed by atoms with Crippen molar-refractivity contribution >= 4 is 0 Å². The van der Waals surface area contributed by atoms with Crippen LogP contribution in [0.5, 0.6) is 5.75 Å². The molecule has 0 aliphatic rings. The zero-order valence-electron chi connectivity index (χ0n) is 13.2. The maximum atomic E-state index is 12.7. The average Bonchev–Trinajstić information content (AvgIpc) is 2.53. The summed E-state index contributed by atoms with van der Waals surface area (Å²) in [4.78, 5) is 0. The first-order valence-corrected chi connectivity index (χ1v) is 7.41. The summed E-state index contributed by atoms with van der Waals surface area (Å²) in [6.07, 6.45) is -3.51. The molecule has 0 saturated heterocycles. The molecule has 0 spiro atoms. The van der Waals surface area contributed by atoms with Crippen molar-refractivity contribution in [2.45, 2.75) is 32.1 Å². The highest BCUT2D eigenvalue weighted by Crippen LogP contribution is 2.29. The van der Waals surface area contributed by atoms with Crippen LogP contribution in [-0.4, -0.2) is 13.2 Å². The summed E-state index contributed by atoms with van der Waals surface area (Å²) in [6, 6.07) is 13.3. The van der Waals surface area contributed by atoms with Crippen molar-refractivity contribution in [3.05, 3.63) is 65.2 Å². The Morgan fingerprint density at radius 1 is 1.04 bits per heavy atom. The van der Waals surface area contributed by atoms with E-state index in [0.717, 1.165) is 23.8 Å². The monoisotopic (exact) mass is 323 g/mol. The Morgan fingerprint density at radius 3 is 2.35 bits per heavy atom. The molecule has 2 aromatic rings. The normalized spacial score (nSPS) is 12.9. The molecule has 23 heavy (non-hydrogen) atoms. The SMILES string of the molecule is COc1ccc(C[C@H](C)NCc2cccc(C(F)(F)F)c2)cc1. The third-order valence-electron chi connectivity index (χ3n) is 3.61. The third kappa shape index (κ3) is 5.28. The second-order valence-electron chi connectivity index (χ2n) is 5.53. The Balaban J connectivity index is 1.90. The van der Waals surface area contributed by atoms with Crippen molar-refractivity contribution in [2.24, 2.45) is 0 Å². The molecule has 2 aromatic carbocycles. The molecule has 0 bridgehead atoms. The minimum atomic E-state index is -4.30. The molecule has 0 amide bonds. The molecule has 0 aromatic heterocycles. The van der Waals surface area contributed by atoms with Gasteiger partial charge >= 0.3 is 6.18 Å². The predicted molar refractivity (Wildman–Crippen MR) is 84.4 cm³/mol. The van der Waals surface area contributed by atoms with Gasteiger partial charge in [0.2, 0.25) is 0 Å². The molecule has 1 N–H and O–H groups in total. The van der Waals surface area contributed by atoms with Crippen LogP contribution < -0.4 is 10.1 Å². The quantitative estimate of drug-likeness (QED) is 0.849. The fourth-order valence-electron chi connectivity index (χ4n) is 2.34. The van der Waals surface area contributed by atoms with Crippen LogP contribution in [-0.2, 0) is 19.1 Å². The number of benzene rings is 2. The first-order chi connectivity index (χ1) is 10.9. The summed E-state index contributed by atoms with van der Waals surface area (Å²) in [6.45, 7) is 2.42. The van der Waals surface area contributed by atoms with Crippen molar-refractivity contribution < 1.29 is 17.9 Å². The first-order valence-electron chi connectivity index (χ1n) is 7.41. The summed E-state index contributed by atoms with van der Waals surface area (Å²) in [5.74, 6) is 0.804. The smallest absolute Gasteiger partial charge is 0.416 e. The van der Waals surface area contributed by atoms with E-state index in [1.165, 1.54) is 12.1 Å². The highest BCUT2D eigenvalue weighted by atomic mass is 19.4. The second-order valence-corrected chi connectivity index (χ2v) is 5.53. The zero-order valence-corrected chi connectivity index (χ0v) is 13.2. The molecule has 0 aliphatic heterocycles. The Morgan fingerprint density at radius 2 is 1.74 bits per heavy atom. The van der Waals surface area contributed by atoms with Gasteiger partial charge in [0.15, 0.2) is 0 Å².